The summed E-state index contributed by atoms with van der Waals surface area (Å²) in [6.45, 7) is 6.05. The molecule has 5 heteroatoms. The van der Waals surface area contributed by atoms with Crippen molar-refractivity contribution in [2.24, 2.45) is 0 Å². The Morgan fingerprint density at radius 2 is 2.31 bits per heavy atom. The lowest BCUT2D eigenvalue weighted by atomic mass is 10.3. The molecular weight excluding hydrogens is 206 g/mol. The van der Waals surface area contributed by atoms with E-state index in [1.807, 2.05) is 13.8 Å². The third-order valence-electron chi connectivity index (χ3n) is 2.85. The topological polar surface area (TPSA) is 58.5 Å². The predicted molar refractivity (Wildman–Crippen MR) is 60.5 cm³/mol. The molecule has 1 aliphatic rings. The molecule has 5 nitrogen and oxygen atoms in total. The van der Waals surface area contributed by atoms with Gasteiger partial charge < -0.3 is 14.7 Å². The Morgan fingerprint density at radius 1 is 1.50 bits per heavy atom. The first-order valence-corrected chi connectivity index (χ1v) is 5.48. The van der Waals surface area contributed by atoms with Crippen LogP contribution < -0.4 is 4.90 Å². The minimum absolute atomic E-state index is 0.0504. The van der Waals surface area contributed by atoms with E-state index in [4.69, 9.17) is 9.84 Å². The number of anilines is 1. The van der Waals surface area contributed by atoms with Crippen LogP contribution in [0.15, 0.2) is 6.20 Å². The van der Waals surface area contributed by atoms with Crippen molar-refractivity contribution < 1.29 is 9.84 Å². The lowest BCUT2D eigenvalue weighted by Crippen LogP contribution is -2.44. The summed E-state index contributed by atoms with van der Waals surface area (Å²) in [6.07, 6.45) is 1.67. The van der Waals surface area contributed by atoms with Crippen LogP contribution in [0.4, 0.5) is 5.82 Å². The third kappa shape index (κ3) is 2.31. The summed E-state index contributed by atoms with van der Waals surface area (Å²) in [7, 11) is 0. The van der Waals surface area contributed by atoms with Gasteiger partial charge in [-0.05, 0) is 13.8 Å². The second kappa shape index (κ2) is 4.76. The van der Waals surface area contributed by atoms with Gasteiger partial charge in [0.05, 0.1) is 36.9 Å². The monoisotopic (exact) mass is 223 g/mol. The molecule has 0 bridgehead atoms. The quantitative estimate of drug-likeness (QED) is 0.781. The van der Waals surface area contributed by atoms with Crippen LogP contribution in [-0.4, -0.2) is 47.5 Å². The van der Waals surface area contributed by atoms with Crippen molar-refractivity contribution in [2.45, 2.75) is 20.0 Å². The van der Waals surface area contributed by atoms with Gasteiger partial charge in [0.2, 0.25) is 0 Å². The van der Waals surface area contributed by atoms with E-state index in [-0.39, 0.29) is 12.7 Å². The average molecular weight is 223 g/mol. The van der Waals surface area contributed by atoms with Crippen LogP contribution in [-0.2, 0) is 4.74 Å². The molecule has 0 aromatic carbocycles. The molecule has 1 aromatic heterocycles. The molecule has 0 spiro atoms. The molecule has 0 aliphatic carbocycles. The molecule has 1 fully saturated rings. The highest BCUT2D eigenvalue weighted by Gasteiger charge is 2.21. The highest BCUT2D eigenvalue weighted by Crippen LogP contribution is 2.15. The van der Waals surface area contributed by atoms with Crippen molar-refractivity contribution >= 4 is 5.82 Å². The Kier molecular flexibility index (Phi) is 3.36. The number of aromatic nitrogens is 2. The van der Waals surface area contributed by atoms with Gasteiger partial charge in [0, 0.05) is 13.1 Å². The van der Waals surface area contributed by atoms with Crippen molar-refractivity contribution in [3.05, 3.63) is 17.6 Å². The molecule has 1 unspecified atom stereocenters. The molecule has 2 rings (SSSR count). The minimum Gasteiger partial charge on any atom is -0.394 e. The maximum atomic E-state index is 9.07. The van der Waals surface area contributed by atoms with Crippen molar-refractivity contribution in [1.29, 1.82) is 0 Å². The van der Waals surface area contributed by atoms with E-state index in [1.165, 1.54) is 0 Å². The van der Waals surface area contributed by atoms with Gasteiger partial charge in [-0.15, -0.1) is 0 Å². The molecule has 16 heavy (non-hydrogen) atoms. The van der Waals surface area contributed by atoms with Crippen LogP contribution >= 0.6 is 0 Å². The summed E-state index contributed by atoms with van der Waals surface area (Å²) in [6, 6.07) is 0. The standard InChI is InChI=1S/C11H17N3O2/c1-8-9(2)13-11(5-12-8)14-3-4-16-10(6-14)7-15/h5,10,15H,3-4,6-7H2,1-2H3. The maximum absolute atomic E-state index is 9.07. The molecular formula is C11H17N3O2. The fourth-order valence-corrected chi connectivity index (χ4v) is 1.72. The number of hydrogen-bond acceptors (Lipinski definition) is 5. The van der Waals surface area contributed by atoms with Crippen LogP contribution in [0.25, 0.3) is 0 Å². The number of aliphatic hydroxyl groups is 1. The first-order chi connectivity index (χ1) is 7.70. The normalized spacial score (nSPS) is 21.2. The first-order valence-electron chi connectivity index (χ1n) is 5.48. The Bertz CT molecular complexity index is 370. The van der Waals surface area contributed by atoms with E-state index in [1.54, 1.807) is 6.20 Å². The number of rotatable bonds is 2. The fraction of sp³-hybridized carbons (Fsp3) is 0.636. The predicted octanol–water partition coefficient (Wildman–Crippen LogP) is 0.291. The minimum atomic E-state index is -0.114. The number of aryl methyl sites for hydroxylation is 2. The van der Waals surface area contributed by atoms with Gasteiger partial charge in [0.1, 0.15) is 5.82 Å². The van der Waals surface area contributed by atoms with E-state index in [0.717, 1.165) is 23.8 Å². The summed E-state index contributed by atoms with van der Waals surface area (Å²) < 4.78 is 5.39. The zero-order valence-corrected chi connectivity index (χ0v) is 9.68. The first kappa shape index (κ1) is 11.3. The Hall–Kier alpha value is -1.20. The van der Waals surface area contributed by atoms with Gasteiger partial charge in [-0.3, -0.25) is 4.98 Å². The van der Waals surface area contributed by atoms with Crippen LogP contribution in [0, 0.1) is 13.8 Å². The number of ether oxygens (including phenoxy) is 1. The summed E-state index contributed by atoms with van der Waals surface area (Å²) in [5.41, 5.74) is 1.90. The van der Waals surface area contributed by atoms with Gasteiger partial charge >= 0.3 is 0 Å². The van der Waals surface area contributed by atoms with Crippen LogP contribution in [0.5, 0.6) is 0 Å². The van der Waals surface area contributed by atoms with Gasteiger partial charge in [-0.25, -0.2) is 4.98 Å². The number of aliphatic hydroxyl groups excluding tert-OH is 1. The molecule has 1 saturated heterocycles. The summed E-state index contributed by atoms with van der Waals surface area (Å²) >= 11 is 0. The van der Waals surface area contributed by atoms with Gasteiger partial charge in [-0.2, -0.15) is 0 Å². The van der Waals surface area contributed by atoms with Crippen LogP contribution in [0.1, 0.15) is 11.4 Å². The van der Waals surface area contributed by atoms with E-state index in [0.29, 0.717) is 13.2 Å². The van der Waals surface area contributed by atoms with Crippen LogP contribution in [0.3, 0.4) is 0 Å². The molecule has 0 saturated carbocycles. The van der Waals surface area contributed by atoms with Crippen LogP contribution in [0.2, 0.25) is 0 Å². The van der Waals surface area contributed by atoms with E-state index >= 15 is 0 Å². The molecule has 1 atom stereocenters. The Morgan fingerprint density at radius 3 is 3.00 bits per heavy atom. The highest BCUT2D eigenvalue weighted by molar-refractivity contribution is 5.38. The molecule has 1 aromatic rings. The summed E-state index contributed by atoms with van der Waals surface area (Å²) in [5.74, 6) is 0.866. The van der Waals surface area contributed by atoms with Crippen molar-refractivity contribution in [1.82, 2.24) is 9.97 Å². The third-order valence-corrected chi connectivity index (χ3v) is 2.85. The lowest BCUT2D eigenvalue weighted by Gasteiger charge is -2.32. The lowest BCUT2D eigenvalue weighted by molar-refractivity contribution is 0.00334. The van der Waals surface area contributed by atoms with Crippen molar-refractivity contribution in [3.8, 4) is 0 Å². The average Bonchev–Trinajstić information content (AvgIpc) is 2.33. The zero-order valence-electron chi connectivity index (χ0n) is 9.68. The van der Waals surface area contributed by atoms with Gasteiger partial charge in [0.25, 0.3) is 0 Å². The molecule has 0 amide bonds. The molecule has 1 aliphatic heterocycles. The summed E-state index contributed by atoms with van der Waals surface area (Å²) in [4.78, 5) is 10.9. The van der Waals surface area contributed by atoms with Gasteiger partial charge in [-0.1, -0.05) is 0 Å². The fourth-order valence-electron chi connectivity index (χ4n) is 1.72. The second-order valence-electron chi connectivity index (χ2n) is 4.02. The molecule has 88 valence electrons. The maximum Gasteiger partial charge on any atom is 0.147 e. The Labute approximate surface area is 95.1 Å². The SMILES string of the molecule is Cc1ncc(N2CCOC(CO)C2)nc1C. The van der Waals surface area contributed by atoms with Gasteiger partial charge in [0.15, 0.2) is 0 Å². The summed E-state index contributed by atoms with van der Waals surface area (Å²) in [5, 5.41) is 9.07. The van der Waals surface area contributed by atoms with E-state index in [2.05, 4.69) is 14.9 Å². The largest absolute Gasteiger partial charge is 0.394 e. The smallest absolute Gasteiger partial charge is 0.147 e. The van der Waals surface area contributed by atoms with Crippen molar-refractivity contribution in [2.75, 3.05) is 31.2 Å². The highest BCUT2D eigenvalue weighted by atomic mass is 16.5. The molecule has 1 N–H and O–H groups in total. The molecule has 2 heterocycles. The number of morpholine rings is 1. The number of hydrogen-bond donors (Lipinski definition) is 1. The van der Waals surface area contributed by atoms with E-state index < -0.39 is 0 Å². The number of nitrogens with zero attached hydrogens (tertiary/aromatic N) is 3. The molecule has 0 radical (unpaired) electrons. The Balaban J connectivity index is 2.13. The van der Waals surface area contributed by atoms with Crippen molar-refractivity contribution in [3.63, 3.8) is 0 Å². The zero-order chi connectivity index (χ0) is 11.5. The van der Waals surface area contributed by atoms with E-state index in [9.17, 15) is 0 Å². The second-order valence-corrected chi connectivity index (χ2v) is 4.02.